The van der Waals surface area contributed by atoms with Gasteiger partial charge in [0, 0.05) is 50.7 Å². The summed E-state index contributed by atoms with van der Waals surface area (Å²) in [5.41, 5.74) is 0. The largest absolute Gasteiger partial charge is 0.357 e. The first-order chi connectivity index (χ1) is 13.2. The van der Waals surface area contributed by atoms with Gasteiger partial charge in [0.25, 0.3) is 0 Å². The molecule has 3 fully saturated rings. The minimum absolute atomic E-state index is 0.259. The first kappa shape index (κ1) is 20.4. The molecule has 27 heavy (non-hydrogen) atoms. The third kappa shape index (κ3) is 5.84. The molecule has 3 rings (SSSR count). The highest BCUT2D eigenvalue weighted by Crippen LogP contribution is 2.26. The van der Waals surface area contributed by atoms with Crippen LogP contribution in [0.15, 0.2) is 4.99 Å². The van der Waals surface area contributed by atoms with E-state index in [1.807, 2.05) is 0 Å². The monoisotopic (exact) mass is 377 g/mol. The lowest BCUT2D eigenvalue weighted by molar-refractivity contribution is -0.134. The molecule has 0 aromatic rings. The van der Waals surface area contributed by atoms with Crippen LogP contribution in [0.25, 0.3) is 0 Å². The molecule has 1 amide bonds. The Bertz CT molecular complexity index is 503. The number of nitrogens with one attached hydrogen (secondary N) is 2. The van der Waals surface area contributed by atoms with Crippen molar-refractivity contribution in [2.45, 2.75) is 89.8 Å². The van der Waals surface area contributed by atoms with Crippen LogP contribution in [0.4, 0.5) is 0 Å². The van der Waals surface area contributed by atoms with Crippen LogP contribution in [0.3, 0.4) is 0 Å². The fraction of sp³-hybridized carbons (Fsp3) is 0.905. The Morgan fingerprint density at radius 1 is 1.07 bits per heavy atom. The molecule has 2 N–H and O–H groups in total. The smallest absolute Gasteiger partial charge is 0.224 e. The van der Waals surface area contributed by atoms with Gasteiger partial charge in [0.2, 0.25) is 5.91 Å². The highest BCUT2D eigenvalue weighted by molar-refractivity contribution is 5.81. The highest BCUT2D eigenvalue weighted by atomic mass is 16.2. The van der Waals surface area contributed by atoms with E-state index in [0.717, 1.165) is 44.5 Å². The van der Waals surface area contributed by atoms with Crippen molar-refractivity contribution in [3.05, 3.63) is 0 Å². The molecule has 2 saturated heterocycles. The molecule has 3 aliphatic rings. The number of nitrogens with zero attached hydrogens (tertiary/aromatic N) is 3. The second-order valence-electron chi connectivity index (χ2n) is 8.51. The van der Waals surface area contributed by atoms with Crippen LogP contribution >= 0.6 is 0 Å². The molecule has 6 nitrogen and oxygen atoms in total. The molecule has 154 valence electrons. The van der Waals surface area contributed by atoms with Gasteiger partial charge in [-0.2, -0.15) is 0 Å². The van der Waals surface area contributed by atoms with Crippen molar-refractivity contribution in [3.8, 4) is 0 Å². The van der Waals surface area contributed by atoms with E-state index in [1.54, 1.807) is 0 Å². The Labute approximate surface area is 165 Å². The highest BCUT2D eigenvalue weighted by Gasteiger charge is 2.30. The van der Waals surface area contributed by atoms with Crippen LogP contribution in [0, 0.1) is 0 Å². The van der Waals surface area contributed by atoms with E-state index in [9.17, 15) is 4.79 Å². The van der Waals surface area contributed by atoms with Crippen molar-refractivity contribution in [1.82, 2.24) is 20.4 Å². The minimum Gasteiger partial charge on any atom is -0.357 e. The molecule has 0 radical (unpaired) electrons. The van der Waals surface area contributed by atoms with Crippen molar-refractivity contribution < 1.29 is 4.79 Å². The summed E-state index contributed by atoms with van der Waals surface area (Å²) >= 11 is 0. The van der Waals surface area contributed by atoms with Gasteiger partial charge in [-0.25, -0.2) is 0 Å². The summed E-state index contributed by atoms with van der Waals surface area (Å²) in [5, 5.41) is 6.96. The Morgan fingerprint density at radius 3 is 2.59 bits per heavy atom. The normalized spacial score (nSPS) is 27.9. The average molecular weight is 378 g/mol. The fourth-order valence-corrected chi connectivity index (χ4v) is 4.90. The summed E-state index contributed by atoms with van der Waals surface area (Å²) < 4.78 is 0. The number of piperidine rings is 1. The van der Waals surface area contributed by atoms with Gasteiger partial charge in [0.1, 0.15) is 0 Å². The number of guanidine groups is 1. The van der Waals surface area contributed by atoms with E-state index in [-0.39, 0.29) is 5.91 Å². The number of carbonyl (C=O) groups is 1. The maximum absolute atomic E-state index is 12.5. The van der Waals surface area contributed by atoms with E-state index < -0.39 is 0 Å². The van der Waals surface area contributed by atoms with Gasteiger partial charge in [0.05, 0.1) is 6.54 Å². The predicted octanol–water partition coefficient (Wildman–Crippen LogP) is 2.35. The number of likely N-dealkylation sites (tertiary alicyclic amines) is 2. The van der Waals surface area contributed by atoms with Gasteiger partial charge in [-0.05, 0) is 52.4 Å². The van der Waals surface area contributed by atoms with Crippen LogP contribution in [0.2, 0.25) is 0 Å². The Balaban J connectivity index is 1.44. The third-order valence-electron chi connectivity index (χ3n) is 6.46. The van der Waals surface area contributed by atoms with Crippen LogP contribution < -0.4 is 10.6 Å². The number of carbonyl (C=O) groups excluding carboxylic acids is 1. The van der Waals surface area contributed by atoms with Gasteiger partial charge in [-0.15, -0.1) is 0 Å². The van der Waals surface area contributed by atoms with Crippen molar-refractivity contribution in [3.63, 3.8) is 0 Å². The zero-order chi connectivity index (χ0) is 19.1. The maximum Gasteiger partial charge on any atom is 0.224 e. The SMILES string of the molecule is CCNC(=NCCC(=O)N1CCCCC1C)NC1CCN(C2CCCC2)C1. The van der Waals surface area contributed by atoms with Crippen LogP contribution in [-0.4, -0.2) is 72.5 Å². The zero-order valence-electron chi connectivity index (χ0n) is 17.4. The first-order valence-electron chi connectivity index (χ1n) is 11.3. The predicted molar refractivity (Wildman–Crippen MR) is 111 cm³/mol. The Kier molecular flexibility index (Phi) is 7.80. The summed E-state index contributed by atoms with van der Waals surface area (Å²) in [7, 11) is 0. The van der Waals surface area contributed by atoms with Gasteiger partial charge < -0.3 is 15.5 Å². The summed E-state index contributed by atoms with van der Waals surface area (Å²) in [4.78, 5) is 21.9. The van der Waals surface area contributed by atoms with Crippen LogP contribution in [-0.2, 0) is 4.79 Å². The Morgan fingerprint density at radius 2 is 1.85 bits per heavy atom. The van der Waals surface area contributed by atoms with E-state index in [4.69, 9.17) is 0 Å². The summed E-state index contributed by atoms with van der Waals surface area (Å²) in [6.07, 6.45) is 10.8. The van der Waals surface area contributed by atoms with Gasteiger partial charge in [-0.3, -0.25) is 14.7 Å². The van der Waals surface area contributed by atoms with Gasteiger partial charge in [0.15, 0.2) is 5.96 Å². The molecule has 0 spiro atoms. The van der Waals surface area contributed by atoms with Gasteiger partial charge >= 0.3 is 0 Å². The summed E-state index contributed by atoms with van der Waals surface area (Å²) in [6, 6.07) is 1.67. The molecule has 0 aromatic carbocycles. The van der Waals surface area contributed by atoms with Crippen molar-refractivity contribution >= 4 is 11.9 Å². The molecule has 1 saturated carbocycles. The Hall–Kier alpha value is -1.30. The molecule has 0 bridgehead atoms. The molecule has 0 aromatic heterocycles. The lowest BCUT2D eigenvalue weighted by Crippen LogP contribution is -2.45. The lowest BCUT2D eigenvalue weighted by atomic mass is 10.0. The van der Waals surface area contributed by atoms with Crippen molar-refractivity contribution in [2.75, 3.05) is 32.7 Å². The molecule has 2 unspecified atom stereocenters. The summed E-state index contributed by atoms with van der Waals surface area (Å²) in [6.45, 7) is 8.92. The quantitative estimate of drug-likeness (QED) is 0.551. The fourth-order valence-electron chi connectivity index (χ4n) is 4.90. The standard InChI is InChI=1S/C21H39N5O/c1-3-22-21(23-13-11-20(27)26-14-7-6-8-17(26)2)24-18-12-15-25(16-18)19-9-4-5-10-19/h17-19H,3-16H2,1-2H3,(H2,22,23,24). The van der Waals surface area contributed by atoms with E-state index in [0.29, 0.717) is 25.0 Å². The maximum atomic E-state index is 12.5. The topological polar surface area (TPSA) is 60.0 Å². The second kappa shape index (κ2) is 10.3. The molecule has 2 heterocycles. The number of hydrogen-bond donors (Lipinski definition) is 2. The van der Waals surface area contributed by atoms with Crippen molar-refractivity contribution in [2.24, 2.45) is 4.99 Å². The van der Waals surface area contributed by atoms with Gasteiger partial charge in [-0.1, -0.05) is 12.8 Å². The molecule has 1 aliphatic carbocycles. The first-order valence-corrected chi connectivity index (χ1v) is 11.3. The zero-order valence-corrected chi connectivity index (χ0v) is 17.4. The molecular formula is C21H39N5O. The molecular weight excluding hydrogens is 338 g/mol. The van der Waals surface area contributed by atoms with Crippen LogP contribution in [0.1, 0.15) is 71.6 Å². The van der Waals surface area contributed by atoms with Crippen molar-refractivity contribution in [1.29, 1.82) is 0 Å². The number of aliphatic imine (C=N–C) groups is 1. The van der Waals surface area contributed by atoms with Crippen LogP contribution in [0.5, 0.6) is 0 Å². The van der Waals surface area contributed by atoms with E-state index in [1.165, 1.54) is 45.1 Å². The summed E-state index contributed by atoms with van der Waals surface area (Å²) in [5.74, 6) is 1.13. The minimum atomic E-state index is 0.259. The molecule has 2 aliphatic heterocycles. The second-order valence-corrected chi connectivity index (χ2v) is 8.51. The third-order valence-corrected chi connectivity index (χ3v) is 6.46. The number of amides is 1. The number of hydrogen-bond acceptors (Lipinski definition) is 3. The average Bonchev–Trinajstić information content (AvgIpc) is 3.33. The number of rotatable bonds is 6. The molecule has 2 atom stereocenters. The van der Waals surface area contributed by atoms with E-state index in [2.05, 4.69) is 39.3 Å². The molecule has 6 heteroatoms. The van der Waals surface area contributed by atoms with E-state index >= 15 is 0 Å². The lowest BCUT2D eigenvalue weighted by Gasteiger charge is -2.33.